The smallest absolute Gasteiger partial charge is 0.303 e. The second kappa shape index (κ2) is 7.72. The number of carboxylic acid groups (broad SMARTS) is 1. The fourth-order valence-corrected chi connectivity index (χ4v) is 3.58. The number of carbonyl (C=O) groups is 1. The van der Waals surface area contributed by atoms with Crippen LogP contribution < -0.4 is 5.56 Å². The molecule has 3 rings (SSSR count). The molecule has 1 heterocycles. The summed E-state index contributed by atoms with van der Waals surface area (Å²) in [6.07, 6.45) is 0.584. The molecule has 128 valence electrons. The molecule has 0 aliphatic carbocycles. The van der Waals surface area contributed by atoms with Crippen LogP contribution >= 0.6 is 23.4 Å². The largest absolute Gasteiger partial charge is 0.481 e. The second-order valence-electron chi connectivity index (χ2n) is 5.38. The molecule has 0 unspecified atom stereocenters. The van der Waals surface area contributed by atoms with Gasteiger partial charge in [-0.25, -0.2) is 4.98 Å². The van der Waals surface area contributed by atoms with E-state index in [-0.39, 0.29) is 12.0 Å². The summed E-state index contributed by atoms with van der Waals surface area (Å²) in [6.45, 7) is 0. The standard InChI is InChI=1S/C18H15ClN2O3S/c19-12-5-3-6-13(11-12)21-17(24)14-7-1-2-8-15(14)20-18(21)25-10-4-9-16(22)23/h1-3,5-8,11H,4,9-10H2,(H,22,23). The summed E-state index contributed by atoms with van der Waals surface area (Å²) in [5.74, 6) is -0.281. The quantitative estimate of drug-likeness (QED) is 0.401. The van der Waals surface area contributed by atoms with Crippen LogP contribution in [-0.2, 0) is 4.79 Å². The van der Waals surface area contributed by atoms with Crippen molar-refractivity contribution in [2.24, 2.45) is 0 Å². The van der Waals surface area contributed by atoms with E-state index in [0.717, 1.165) is 0 Å². The van der Waals surface area contributed by atoms with E-state index in [1.54, 1.807) is 42.5 Å². The first-order valence-corrected chi connectivity index (χ1v) is 9.05. The van der Waals surface area contributed by atoms with Crippen LogP contribution in [0.25, 0.3) is 16.6 Å². The fourth-order valence-electron chi connectivity index (χ4n) is 2.44. The van der Waals surface area contributed by atoms with Crippen molar-refractivity contribution in [1.29, 1.82) is 0 Å². The minimum Gasteiger partial charge on any atom is -0.481 e. The molecule has 0 saturated heterocycles. The lowest BCUT2D eigenvalue weighted by atomic mass is 10.2. The van der Waals surface area contributed by atoms with E-state index in [9.17, 15) is 9.59 Å². The van der Waals surface area contributed by atoms with E-state index in [1.807, 2.05) is 6.07 Å². The predicted octanol–water partition coefficient (Wildman–Crippen LogP) is 4.00. The van der Waals surface area contributed by atoms with Gasteiger partial charge in [0.2, 0.25) is 0 Å². The highest BCUT2D eigenvalue weighted by atomic mass is 35.5. The third-order valence-electron chi connectivity index (χ3n) is 3.58. The van der Waals surface area contributed by atoms with Crippen molar-refractivity contribution in [1.82, 2.24) is 9.55 Å². The number of fused-ring (bicyclic) bond motifs is 1. The van der Waals surface area contributed by atoms with Crippen LogP contribution in [0.4, 0.5) is 0 Å². The van der Waals surface area contributed by atoms with Crippen molar-refractivity contribution in [3.8, 4) is 5.69 Å². The Kier molecular flexibility index (Phi) is 5.40. The molecular formula is C18H15ClN2O3S. The number of rotatable bonds is 6. The predicted molar refractivity (Wildman–Crippen MR) is 99.9 cm³/mol. The van der Waals surface area contributed by atoms with Gasteiger partial charge in [0, 0.05) is 17.2 Å². The maximum Gasteiger partial charge on any atom is 0.303 e. The van der Waals surface area contributed by atoms with Crippen LogP contribution in [0.15, 0.2) is 58.5 Å². The SMILES string of the molecule is O=C(O)CCCSc1nc2ccccc2c(=O)n1-c1cccc(Cl)c1. The number of benzene rings is 2. The maximum absolute atomic E-state index is 13.0. The Morgan fingerprint density at radius 1 is 1.20 bits per heavy atom. The van der Waals surface area contributed by atoms with Gasteiger partial charge in [-0.05, 0) is 36.8 Å². The highest BCUT2D eigenvalue weighted by molar-refractivity contribution is 7.99. The molecule has 2 aromatic carbocycles. The normalized spacial score (nSPS) is 10.9. The number of para-hydroxylation sites is 1. The molecule has 1 N–H and O–H groups in total. The lowest BCUT2D eigenvalue weighted by Gasteiger charge is -2.13. The highest BCUT2D eigenvalue weighted by Gasteiger charge is 2.13. The number of aliphatic carboxylic acids is 1. The molecule has 1 aromatic heterocycles. The molecule has 0 atom stereocenters. The van der Waals surface area contributed by atoms with E-state index in [4.69, 9.17) is 16.7 Å². The summed E-state index contributed by atoms with van der Waals surface area (Å²) in [6, 6.07) is 14.2. The second-order valence-corrected chi connectivity index (χ2v) is 6.88. The van der Waals surface area contributed by atoms with Crippen LogP contribution in [0.1, 0.15) is 12.8 Å². The lowest BCUT2D eigenvalue weighted by Crippen LogP contribution is -2.21. The van der Waals surface area contributed by atoms with E-state index in [0.29, 0.717) is 38.9 Å². The first kappa shape index (κ1) is 17.5. The summed E-state index contributed by atoms with van der Waals surface area (Å²) < 4.78 is 1.53. The third kappa shape index (κ3) is 4.03. The molecule has 3 aromatic rings. The number of carboxylic acids is 1. The Morgan fingerprint density at radius 3 is 2.76 bits per heavy atom. The van der Waals surface area contributed by atoms with Gasteiger partial charge in [0.05, 0.1) is 16.6 Å². The number of hydrogen-bond acceptors (Lipinski definition) is 4. The van der Waals surface area contributed by atoms with Crippen molar-refractivity contribution in [2.45, 2.75) is 18.0 Å². The Hall–Kier alpha value is -2.31. The van der Waals surface area contributed by atoms with Crippen molar-refractivity contribution in [3.05, 3.63) is 63.9 Å². The van der Waals surface area contributed by atoms with Crippen LogP contribution in [0.3, 0.4) is 0 Å². The summed E-state index contributed by atoms with van der Waals surface area (Å²) >= 11 is 7.44. The topological polar surface area (TPSA) is 72.2 Å². The van der Waals surface area contributed by atoms with Gasteiger partial charge in [-0.15, -0.1) is 0 Å². The van der Waals surface area contributed by atoms with Gasteiger partial charge in [0.1, 0.15) is 0 Å². The zero-order chi connectivity index (χ0) is 17.8. The molecule has 25 heavy (non-hydrogen) atoms. The van der Waals surface area contributed by atoms with E-state index in [1.165, 1.54) is 16.3 Å². The number of halogens is 1. The van der Waals surface area contributed by atoms with Crippen LogP contribution in [-0.4, -0.2) is 26.4 Å². The highest BCUT2D eigenvalue weighted by Crippen LogP contribution is 2.23. The number of thioether (sulfide) groups is 1. The maximum atomic E-state index is 13.0. The van der Waals surface area contributed by atoms with Gasteiger partial charge in [-0.3, -0.25) is 14.2 Å². The monoisotopic (exact) mass is 374 g/mol. The summed E-state index contributed by atoms with van der Waals surface area (Å²) in [5, 5.41) is 10.3. The van der Waals surface area contributed by atoms with E-state index < -0.39 is 5.97 Å². The summed E-state index contributed by atoms with van der Waals surface area (Å²) in [4.78, 5) is 28.2. The summed E-state index contributed by atoms with van der Waals surface area (Å²) in [5.41, 5.74) is 1.08. The van der Waals surface area contributed by atoms with Gasteiger partial charge in [-0.2, -0.15) is 0 Å². The van der Waals surface area contributed by atoms with Crippen molar-refractivity contribution in [2.75, 3.05) is 5.75 Å². The fraction of sp³-hybridized carbons (Fsp3) is 0.167. The molecule has 0 aliphatic rings. The van der Waals surface area contributed by atoms with Gasteiger partial charge in [0.25, 0.3) is 5.56 Å². The van der Waals surface area contributed by atoms with Gasteiger partial charge in [0.15, 0.2) is 5.16 Å². The Balaban J connectivity index is 2.08. The number of nitrogens with zero attached hydrogens (tertiary/aromatic N) is 2. The molecule has 0 bridgehead atoms. The van der Waals surface area contributed by atoms with Crippen LogP contribution in [0.5, 0.6) is 0 Å². The average molecular weight is 375 g/mol. The van der Waals surface area contributed by atoms with E-state index >= 15 is 0 Å². The molecule has 7 heteroatoms. The van der Waals surface area contributed by atoms with Crippen molar-refractivity contribution < 1.29 is 9.90 Å². The first-order chi connectivity index (χ1) is 12.1. The first-order valence-electron chi connectivity index (χ1n) is 7.68. The molecule has 0 saturated carbocycles. The molecule has 0 aliphatic heterocycles. The van der Waals surface area contributed by atoms with Crippen LogP contribution in [0, 0.1) is 0 Å². The zero-order valence-electron chi connectivity index (χ0n) is 13.2. The van der Waals surface area contributed by atoms with Gasteiger partial charge >= 0.3 is 5.97 Å². The Morgan fingerprint density at radius 2 is 2.00 bits per heavy atom. The van der Waals surface area contributed by atoms with Crippen molar-refractivity contribution >= 4 is 40.2 Å². The van der Waals surface area contributed by atoms with Crippen LogP contribution in [0.2, 0.25) is 5.02 Å². The molecule has 0 radical (unpaired) electrons. The average Bonchev–Trinajstić information content (AvgIpc) is 2.59. The lowest BCUT2D eigenvalue weighted by molar-refractivity contribution is -0.137. The minimum atomic E-state index is -0.834. The molecule has 0 spiro atoms. The minimum absolute atomic E-state index is 0.0853. The number of aromatic nitrogens is 2. The van der Waals surface area contributed by atoms with E-state index in [2.05, 4.69) is 4.98 Å². The van der Waals surface area contributed by atoms with Crippen molar-refractivity contribution in [3.63, 3.8) is 0 Å². The molecule has 5 nitrogen and oxygen atoms in total. The van der Waals surface area contributed by atoms with Gasteiger partial charge < -0.3 is 5.11 Å². The molecule has 0 fully saturated rings. The molecular weight excluding hydrogens is 360 g/mol. The zero-order valence-corrected chi connectivity index (χ0v) is 14.8. The Bertz CT molecular complexity index is 987. The molecule has 0 amide bonds. The summed E-state index contributed by atoms with van der Waals surface area (Å²) in [7, 11) is 0. The Labute approximate surface area is 153 Å². The van der Waals surface area contributed by atoms with Gasteiger partial charge in [-0.1, -0.05) is 41.6 Å². The third-order valence-corrected chi connectivity index (χ3v) is 4.84. The number of hydrogen-bond donors (Lipinski definition) is 1.